The van der Waals surface area contributed by atoms with Crippen LogP contribution in [0.1, 0.15) is 35.4 Å². The molecule has 0 bridgehead atoms. The molecule has 2 heterocycles. The van der Waals surface area contributed by atoms with Crippen LogP contribution in [-0.4, -0.2) is 35.7 Å². The second-order valence-electron chi connectivity index (χ2n) is 7.65. The lowest BCUT2D eigenvalue weighted by Crippen LogP contribution is -2.29. The zero-order valence-corrected chi connectivity index (χ0v) is 18.8. The summed E-state index contributed by atoms with van der Waals surface area (Å²) in [6, 6.07) is 12.8. The molecule has 1 aliphatic heterocycles. The number of aryl methyl sites for hydroxylation is 2. The molecule has 1 atom stereocenters. The fraction of sp³-hybridized carbons (Fsp3) is 0.240. The fourth-order valence-corrected chi connectivity index (χ4v) is 3.95. The third-order valence-corrected chi connectivity index (χ3v) is 5.48. The zero-order chi connectivity index (χ0) is 23.7. The third kappa shape index (κ3) is 3.95. The molecular weight excluding hydrogens is 424 g/mol. The number of ether oxygens (including phenoxy) is 2. The monoisotopic (exact) mass is 448 g/mol. The minimum absolute atomic E-state index is 0.0330. The first-order valence-electron chi connectivity index (χ1n) is 10.5. The number of nitrogens with zero attached hydrogens (tertiary/aromatic N) is 2. The van der Waals surface area contributed by atoms with Crippen molar-refractivity contribution in [2.24, 2.45) is 0 Å². The van der Waals surface area contributed by atoms with Gasteiger partial charge in [0.1, 0.15) is 23.0 Å². The molecule has 3 aromatic rings. The van der Waals surface area contributed by atoms with Crippen molar-refractivity contribution in [1.82, 2.24) is 5.16 Å². The molecule has 0 unspecified atom stereocenters. The van der Waals surface area contributed by atoms with Crippen molar-refractivity contribution < 1.29 is 28.7 Å². The zero-order valence-electron chi connectivity index (χ0n) is 18.8. The maximum absolute atomic E-state index is 13.2. The molecule has 0 radical (unpaired) electrons. The number of aliphatic hydroxyl groups excluding tert-OH is 1. The number of hydrogen-bond donors (Lipinski definition) is 1. The number of benzene rings is 2. The third-order valence-electron chi connectivity index (χ3n) is 5.48. The normalized spacial score (nSPS) is 17.5. The summed E-state index contributed by atoms with van der Waals surface area (Å²) < 4.78 is 15.9. The van der Waals surface area contributed by atoms with Crippen LogP contribution in [-0.2, 0) is 9.59 Å². The van der Waals surface area contributed by atoms with E-state index in [1.807, 2.05) is 13.8 Å². The van der Waals surface area contributed by atoms with Gasteiger partial charge in [-0.15, -0.1) is 0 Å². The van der Waals surface area contributed by atoms with Crippen molar-refractivity contribution in [2.45, 2.75) is 26.8 Å². The highest BCUT2D eigenvalue weighted by Gasteiger charge is 2.48. The topological polar surface area (TPSA) is 102 Å². The predicted octanol–water partition coefficient (Wildman–Crippen LogP) is 4.33. The van der Waals surface area contributed by atoms with Crippen LogP contribution in [0, 0.1) is 13.8 Å². The van der Waals surface area contributed by atoms with Gasteiger partial charge in [0.15, 0.2) is 5.82 Å². The Morgan fingerprint density at radius 2 is 1.85 bits per heavy atom. The molecule has 4 rings (SSSR count). The van der Waals surface area contributed by atoms with Gasteiger partial charge >= 0.3 is 5.91 Å². The van der Waals surface area contributed by atoms with E-state index in [2.05, 4.69) is 5.16 Å². The molecule has 1 saturated heterocycles. The van der Waals surface area contributed by atoms with Gasteiger partial charge in [-0.3, -0.25) is 14.5 Å². The lowest BCUT2D eigenvalue weighted by atomic mass is 9.94. The van der Waals surface area contributed by atoms with Crippen molar-refractivity contribution in [3.05, 3.63) is 76.6 Å². The molecule has 2 aromatic carbocycles. The van der Waals surface area contributed by atoms with Crippen molar-refractivity contribution in [1.29, 1.82) is 0 Å². The molecule has 1 aliphatic rings. The summed E-state index contributed by atoms with van der Waals surface area (Å²) in [7, 11) is 1.55. The summed E-state index contributed by atoms with van der Waals surface area (Å²) in [5, 5.41) is 15.1. The number of aliphatic hydroxyl groups is 1. The van der Waals surface area contributed by atoms with Gasteiger partial charge in [0.2, 0.25) is 0 Å². The number of amides is 1. The Labute approximate surface area is 191 Å². The molecule has 1 amide bonds. The molecule has 1 N–H and O–H groups in total. The van der Waals surface area contributed by atoms with E-state index in [9.17, 15) is 14.7 Å². The van der Waals surface area contributed by atoms with Gasteiger partial charge < -0.3 is 19.1 Å². The van der Waals surface area contributed by atoms with E-state index in [1.165, 1.54) is 4.90 Å². The Morgan fingerprint density at radius 1 is 1.12 bits per heavy atom. The second-order valence-corrected chi connectivity index (χ2v) is 7.65. The summed E-state index contributed by atoms with van der Waals surface area (Å²) in [5.41, 5.74) is 1.76. The second kappa shape index (κ2) is 8.82. The molecule has 170 valence electrons. The number of aromatic nitrogens is 1. The molecule has 1 fully saturated rings. The number of ketones is 1. The van der Waals surface area contributed by atoms with Crippen LogP contribution in [0.2, 0.25) is 0 Å². The quantitative estimate of drug-likeness (QED) is 0.340. The smallest absolute Gasteiger partial charge is 0.301 e. The highest BCUT2D eigenvalue weighted by Crippen LogP contribution is 2.42. The summed E-state index contributed by atoms with van der Waals surface area (Å²) in [6.45, 7) is 5.91. The Balaban J connectivity index is 1.89. The Morgan fingerprint density at radius 3 is 2.42 bits per heavy atom. The summed E-state index contributed by atoms with van der Waals surface area (Å²) in [4.78, 5) is 27.5. The van der Waals surface area contributed by atoms with Crippen molar-refractivity contribution in [2.75, 3.05) is 18.6 Å². The number of carbonyl (C=O) groups is 2. The van der Waals surface area contributed by atoms with E-state index < -0.39 is 17.7 Å². The molecule has 0 spiro atoms. The van der Waals surface area contributed by atoms with Crippen LogP contribution < -0.4 is 14.4 Å². The number of anilines is 1. The SMILES string of the molecule is CCOc1ccc([C@H]2/C(=C(\O)c3ccc(OC)c(C)c3)C(=O)C(=O)N2c2cc(C)on2)cc1. The van der Waals surface area contributed by atoms with Crippen molar-refractivity contribution in [3.63, 3.8) is 0 Å². The van der Waals surface area contributed by atoms with Crippen LogP contribution in [0.25, 0.3) is 5.76 Å². The van der Waals surface area contributed by atoms with Crippen LogP contribution in [0.15, 0.2) is 58.6 Å². The maximum atomic E-state index is 13.2. The van der Waals surface area contributed by atoms with Gasteiger partial charge in [-0.25, -0.2) is 0 Å². The van der Waals surface area contributed by atoms with Gasteiger partial charge in [-0.05, 0) is 62.2 Å². The van der Waals surface area contributed by atoms with E-state index in [0.29, 0.717) is 35.0 Å². The molecule has 33 heavy (non-hydrogen) atoms. The van der Waals surface area contributed by atoms with Gasteiger partial charge in [0.05, 0.1) is 25.3 Å². The lowest BCUT2D eigenvalue weighted by molar-refractivity contribution is -0.132. The molecule has 0 saturated carbocycles. The lowest BCUT2D eigenvalue weighted by Gasteiger charge is -2.23. The van der Waals surface area contributed by atoms with Crippen LogP contribution in [0.3, 0.4) is 0 Å². The van der Waals surface area contributed by atoms with Crippen LogP contribution in [0.5, 0.6) is 11.5 Å². The van der Waals surface area contributed by atoms with E-state index in [-0.39, 0.29) is 17.2 Å². The van der Waals surface area contributed by atoms with E-state index in [1.54, 1.807) is 62.6 Å². The Kier molecular flexibility index (Phi) is 5.91. The average Bonchev–Trinajstić information content (AvgIpc) is 3.34. The van der Waals surface area contributed by atoms with Gasteiger partial charge in [-0.2, -0.15) is 0 Å². The Bertz CT molecular complexity index is 1240. The fourth-order valence-electron chi connectivity index (χ4n) is 3.95. The number of hydrogen-bond acceptors (Lipinski definition) is 7. The highest BCUT2D eigenvalue weighted by molar-refractivity contribution is 6.51. The first-order valence-corrected chi connectivity index (χ1v) is 10.5. The molecule has 0 aliphatic carbocycles. The average molecular weight is 448 g/mol. The molecule has 8 heteroatoms. The van der Waals surface area contributed by atoms with Gasteiger partial charge in [0, 0.05) is 11.6 Å². The number of carbonyl (C=O) groups excluding carboxylic acids is 2. The minimum atomic E-state index is -0.896. The van der Waals surface area contributed by atoms with Crippen LogP contribution >= 0.6 is 0 Å². The Hall–Kier alpha value is -4.07. The summed E-state index contributed by atoms with van der Waals surface area (Å²) in [6.07, 6.45) is 0. The molecule has 8 nitrogen and oxygen atoms in total. The maximum Gasteiger partial charge on any atom is 0.301 e. The highest BCUT2D eigenvalue weighted by atomic mass is 16.5. The predicted molar refractivity (Wildman–Crippen MR) is 121 cm³/mol. The van der Waals surface area contributed by atoms with E-state index in [0.717, 1.165) is 5.56 Å². The largest absolute Gasteiger partial charge is 0.507 e. The number of Topliss-reactive ketones (excluding diaryl/α,β-unsaturated/α-hetero) is 1. The van der Waals surface area contributed by atoms with Crippen molar-refractivity contribution >= 4 is 23.3 Å². The first kappa shape index (κ1) is 22.1. The minimum Gasteiger partial charge on any atom is -0.507 e. The van der Waals surface area contributed by atoms with E-state index in [4.69, 9.17) is 14.0 Å². The molecular formula is C25H24N2O6. The van der Waals surface area contributed by atoms with Crippen LogP contribution in [0.4, 0.5) is 5.82 Å². The molecule has 1 aromatic heterocycles. The van der Waals surface area contributed by atoms with Gasteiger partial charge in [-0.1, -0.05) is 17.3 Å². The number of rotatable bonds is 6. The van der Waals surface area contributed by atoms with E-state index >= 15 is 0 Å². The number of methoxy groups -OCH3 is 1. The summed E-state index contributed by atoms with van der Waals surface area (Å²) in [5.74, 6) is 0.103. The first-order chi connectivity index (χ1) is 15.8. The van der Waals surface area contributed by atoms with Gasteiger partial charge in [0.25, 0.3) is 5.78 Å². The standard InChI is InChI=1S/C25H24N2O6/c1-5-32-18-9-6-16(7-10-18)22-21(23(28)17-8-11-19(31-4)14(2)12-17)24(29)25(30)27(22)20-13-15(3)33-26-20/h6-13,22,28H,5H2,1-4H3/b23-21+/t22-/m0/s1. The summed E-state index contributed by atoms with van der Waals surface area (Å²) >= 11 is 0. The van der Waals surface area contributed by atoms with Crippen molar-refractivity contribution in [3.8, 4) is 11.5 Å².